The van der Waals surface area contributed by atoms with Gasteiger partial charge in [-0.2, -0.15) is 0 Å². The molecule has 0 bridgehead atoms. The first-order valence-corrected chi connectivity index (χ1v) is 9.30. The van der Waals surface area contributed by atoms with Crippen LogP contribution in [0.1, 0.15) is 25.3 Å². The van der Waals surface area contributed by atoms with E-state index in [1.807, 2.05) is 6.07 Å². The Balaban J connectivity index is 1.94. The number of nitrogens with zero attached hydrogens (tertiary/aromatic N) is 2. The number of nitrogens with one attached hydrogen (secondary N) is 1. The first kappa shape index (κ1) is 21.5. The highest BCUT2D eigenvalue weighted by Crippen LogP contribution is 2.39. The zero-order valence-electron chi connectivity index (χ0n) is 17.0. The minimum atomic E-state index is -0.261. The number of carbonyl (C=O) groups is 1. The Kier molecular flexibility index (Phi) is 8.03. The van der Waals surface area contributed by atoms with Gasteiger partial charge in [0.05, 0.1) is 34.5 Å². The lowest BCUT2D eigenvalue weighted by molar-refractivity contribution is 0.0963. The summed E-state index contributed by atoms with van der Waals surface area (Å²) in [7, 11) is 4.71. The molecule has 1 heterocycles. The van der Waals surface area contributed by atoms with E-state index < -0.39 is 0 Å². The summed E-state index contributed by atoms with van der Waals surface area (Å²) in [5, 5.41) is 3.22. The normalized spacial score (nSPS) is 15.1. The van der Waals surface area contributed by atoms with E-state index >= 15 is 0 Å². The van der Waals surface area contributed by atoms with Gasteiger partial charge in [-0.3, -0.25) is 0 Å². The third-order valence-corrected chi connectivity index (χ3v) is 4.58. The summed E-state index contributed by atoms with van der Waals surface area (Å²) in [5.74, 6) is 2.04. The minimum absolute atomic E-state index is 0.168. The predicted octanol–water partition coefficient (Wildman–Crippen LogP) is 1.74. The highest BCUT2D eigenvalue weighted by atomic mass is 16.6. The molecule has 1 aliphatic rings. The van der Waals surface area contributed by atoms with Gasteiger partial charge in [0.25, 0.3) is 0 Å². The number of carbonyl (C=O) groups excluding carboxylic acids is 1. The number of likely N-dealkylation sites (tertiary alicyclic amines) is 1. The molecule has 0 spiro atoms. The minimum Gasteiger partial charge on any atom is -0.493 e. The van der Waals surface area contributed by atoms with Crippen molar-refractivity contribution in [1.82, 2.24) is 10.2 Å². The standard InChI is InChI=1S/C19H30N4O5/c1-5-28-19(24)23-10-8-14(9-11-23)22-18(20)21-12-13-6-7-15(25-2)17(27-4)16(13)26-3/h6-7,14H,5,8-12H2,1-4H3,(H3,20,21,22). The van der Waals surface area contributed by atoms with E-state index in [1.54, 1.807) is 39.2 Å². The number of piperidine rings is 1. The molecule has 0 unspecified atom stereocenters. The summed E-state index contributed by atoms with van der Waals surface area (Å²) >= 11 is 0. The molecule has 1 aromatic rings. The molecule has 9 heteroatoms. The van der Waals surface area contributed by atoms with Gasteiger partial charge < -0.3 is 34.9 Å². The second-order valence-corrected chi connectivity index (χ2v) is 6.30. The fourth-order valence-corrected chi connectivity index (χ4v) is 3.13. The molecule has 1 aromatic carbocycles. The number of nitrogens with two attached hydrogens (primary N) is 1. The Morgan fingerprint density at radius 2 is 1.86 bits per heavy atom. The number of hydrogen-bond donors (Lipinski definition) is 2. The number of guanidine groups is 1. The number of ether oxygens (including phenoxy) is 4. The largest absolute Gasteiger partial charge is 0.493 e. The van der Waals surface area contributed by atoms with Crippen molar-refractivity contribution in [2.45, 2.75) is 32.4 Å². The van der Waals surface area contributed by atoms with Gasteiger partial charge in [0.15, 0.2) is 17.5 Å². The molecule has 1 fully saturated rings. The average Bonchev–Trinajstić information content (AvgIpc) is 2.71. The highest BCUT2D eigenvalue weighted by molar-refractivity contribution is 5.78. The van der Waals surface area contributed by atoms with Gasteiger partial charge in [-0.15, -0.1) is 0 Å². The van der Waals surface area contributed by atoms with Crippen LogP contribution in [0.3, 0.4) is 0 Å². The van der Waals surface area contributed by atoms with Crippen molar-refractivity contribution in [2.75, 3.05) is 41.0 Å². The Hall–Kier alpha value is -2.84. The van der Waals surface area contributed by atoms with Gasteiger partial charge in [-0.1, -0.05) is 0 Å². The molecule has 0 radical (unpaired) electrons. The van der Waals surface area contributed by atoms with E-state index in [4.69, 9.17) is 24.7 Å². The summed E-state index contributed by atoms with van der Waals surface area (Å²) in [6.07, 6.45) is 1.31. The molecule has 1 aliphatic heterocycles. The molecule has 9 nitrogen and oxygen atoms in total. The van der Waals surface area contributed by atoms with Crippen LogP contribution in [0, 0.1) is 0 Å². The molecule has 3 N–H and O–H groups in total. The Morgan fingerprint density at radius 1 is 1.18 bits per heavy atom. The van der Waals surface area contributed by atoms with E-state index in [9.17, 15) is 4.79 Å². The smallest absolute Gasteiger partial charge is 0.409 e. The number of rotatable bonds is 7. The zero-order chi connectivity index (χ0) is 20.5. The highest BCUT2D eigenvalue weighted by Gasteiger charge is 2.23. The van der Waals surface area contributed by atoms with Crippen LogP contribution in [0.15, 0.2) is 17.1 Å². The molecule has 2 rings (SSSR count). The van der Waals surface area contributed by atoms with Crippen LogP contribution < -0.4 is 25.3 Å². The molecular weight excluding hydrogens is 364 g/mol. The second-order valence-electron chi connectivity index (χ2n) is 6.30. The first-order valence-electron chi connectivity index (χ1n) is 9.30. The fourth-order valence-electron chi connectivity index (χ4n) is 3.13. The van der Waals surface area contributed by atoms with E-state index in [0.29, 0.717) is 49.4 Å². The first-order chi connectivity index (χ1) is 13.5. The summed E-state index contributed by atoms with van der Waals surface area (Å²) < 4.78 is 21.2. The van der Waals surface area contributed by atoms with Crippen molar-refractivity contribution in [2.24, 2.45) is 10.7 Å². The zero-order valence-corrected chi connectivity index (χ0v) is 17.0. The van der Waals surface area contributed by atoms with Crippen molar-refractivity contribution < 1.29 is 23.7 Å². The van der Waals surface area contributed by atoms with Gasteiger partial charge in [0.2, 0.25) is 5.75 Å². The Labute approximate surface area is 165 Å². The molecule has 0 aromatic heterocycles. The van der Waals surface area contributed by atoms with Gasteiger partial charge >= 0.3 is 6.09 Å². The van der Waals surface area contributed by atoms with Gasteiger partial charge in [-0.25, -0.2) is 9.79 Å². The van der Waals surface area contributed by atoms with Crippen LogP contribution >= 0.6 is 0 Å². The van der Waals surface area contributed by atoms with Crippen LogP contribution in [-0.4, -0.2) is 64.0 Å². The third kappa shape index (κ3) is 5.34. The van der Waals surface area contributed by atoms with E-state index in [-0.39, 0.29) is 12.1 Å². The van der Waals surface area contributed by atoms with Crippen molar-refractivity contribution in [3.05, 3.63) is 17.7 Å². The third-order valence-electron chi connectivity index (χ3n) is 4.58. The number of benzene rings is 1. The van der Waals surface area contributed by atoms with Crippen molar-refractivity contribution in [3.8, 4) is 17.2 Å². The lowest BCUT2D eigenvalue weighted by Gasteiger charge is -2.31. The summed E-state index contributed by atoms with van der Waals surface area (Å²) in [4.78, 5) is 17.9. The molecule has 0 saturated carbocycles. The molecule has 28 heavy (non-hydrogen) atoms. The number of amides is 1. The lowest BCUT2D eigenvalue weighted by Crippen LogP contribution is -2.48. The monoisotopic (exact) mass is 394 g/mol. The fraction of sp³-hybridized carbons (Fsp3) is 0.579. The lowest BCUT2D eigenvalue weighted by atomic mass is 10.1. The second kappa shape index (κ2) is 10.5. The van der Waals surface area contributed by atoms with Crippen LogP contribution in [0.2, 0.25) is 0 Å². The van der Waals surface area contributed by atoms with Gasteiger partial charge in [0, 0.05) is 24.7 Å². The van der Waals surface area contributed by atoms with Crippen LogP contribution in [0.25, 0.3) is 0 Å². The van der Waals surface area contributed by atoms with Gasteiger partial charge in [-0.05, 0) is 31.9 Å². The maximum atomic E-state index is 11.7. The molecule has 0 aliphatic carbocycles. The maximum absolute atomic E-state index is 11.7. The molecule has 1 amide bonds. The SMILES string of the molecule is CCOC(=O)N1CCC(NC(N)=NCc2ccc(OC)c(OC)c2OC)CC1. The van der Waals surface area contributed by atoms with Crippen molar-refractivity contribution >= 4 is 12.1 Å². The summed E-state index contributed by atoms with van der Waals surface area (Å²) in [6.45, 7) is 3.79. The number of hydrogen-bond acceptors (Lipinski definition) is 6. The topological polar surface area (TPSA) is 108 Å². The van der Waals surface area contributed by atoms with Gasteiger partial charge in [0.1, 0.15) is 0 Å². The van der Waals surface area contributed by atoms with E-state index in [1.165, 1.54) is 0 Å². The van der Waals surface area contributed by atoms with E-state index in [0.717, 1.165) is 18.4 Å². The maximum Gasteiger partial charge on any atom is 0.409 e. The summed E-state index contributed by atoms with van der Waals surface area (Å²) in [5.41, 5.74) is 6.88. The van der Waals surface area contributed by atoms with E-state index in [2.05, 4.69) is 10.3 Å². The molecule has 1 saturated heterocycles. The Bertz CT molecular complexity index is 687. The molecule has 0 atom stereocenters. The van der Waals surface area contributed by atoms with Crippen LogP contribution in [0.4, 0.5) is 4.79 Å². The molecule has 156 valence electrons. The molecular formula is C19H30N4O5. The Morgan fingerprint density at radius 3 is 2.43 bits per heavy atom. The quantitative estimate of drug-likeness (QED) is 0.536. The summed E-state index contributed by atoms with van der Waals surface area (Å²) in [6, 6.07) is 3.84. The van der Waals surface area contributed by atoms with Crippen molar-refractivity contribution in [3.63, 3.8) is 0 Å². The average molecular weight is 394 g/mol. The number of methoxy groups -OCH3 is 3. The van der Waals surface area contributed by atoms with Crippen LogP contribution in [-0.2, 0) is 11.3 Å². The van der Waals surface area contributed by atoms with Crippen LogP contribution in [0.5, 0.6) is 17.2 Å². The van der Waals surface area contributed by atoms with Crippen molar-refractivity contribution in [1.29, 1.82) is 0 Å². The predicted molar refractivity (Wildman–Crippen MR) is 106 cm³/mol. The number of aliphatic imine (C=N–C) groups is 1.